The molecule has 0 atom stereocenters. The number of nitrogens with zero attached hydrogens (tertiary/aromatic N) is 2. The Morgan fingerprint density at radius 2 is 2.06 bits per heavy atom. The van der Waals surface area contributed by atoms with Gasteiger partial charge in [0.05, 0.1) is 13.0 Å². The molecule has 0 bridgehead atoms. The zero-order chi connectivity index (χ0) is 11.8. The van der Waals surface area contributed by atoms with E-state index in [4.69, 9.17) is 9.31 Å². The number of aryl methyl sites for hydroxylation is 1. The Hall–Kier alpha value is -1.04. The van der Waals surface area contributed by atoms with E-state index in [2.05, 4.69) is 4.72 Å². The summed E-state index contributed by atoms with van der Waals surface area (Å²) in [6.07, 6.45) is 3.72. The molecule has 0 unspecified atom stereocenters. The average molecular weight is 232 g/mol. The van der Waals surface area contributed by atoms with E-state index in [0.717, 1.165) is 31.7 Å². The summed E-state index contributed by atoms with van der Waals surface area (Å²) in [7, 11) is 0.478. The van der Waals surface area contributed by atoms with Gasteiger partial charge in [-0.1, -0.05) is 0 Å². The van der Waals surface area contributed by atoms with Crippen LogP contribution in [0.3, 0.4) is 0 Å². The van der Waals surface area contributed by atoms with Crippen molar-refractivity contribution in [2.75, 3.05) is 19.6 Å². The van der Waals surface area contributed by atoms with Crippen molar-refractivity contribution in [1.29, 1.82) is 0 Å². The number of rotatable bonds is 5. The SMILES string of the molecule is Cc1cn(CCN(B2CO2)B2CO2)ccc1=O. The highest BCUT2D eigenvalue weighted by molar-refractivity contribution is 6.73. The first kappa shape index (κ1) is 11.1. The third-order valence-electron chi connectivity index (χ3n) is 3.15. The van der Waals surface area contributed by atoms with Crippen molar-refractivity contribution in [3.05, 3.63) is 34.2 Å². The predicted molar refractivity (Wildman–Crippen MR) is 65.6 cm³/mol. The third kappa shape index (κ3) is 2.62. The van der Waals surface area contributed by atoms with Crippen LogP contribution in [0.2, 0.25) is 0 Å². The molecule has 5 nitrogen and oxygen atoms in total. The predicted octanol–water partition coefficient (Wildman–Crippen LogP) is -0.426. The van der Waals surface area contributed by atoms with E-state index < -0.39 is 0 Å². The van der Waals surface area contributed by atoms with E-state index >= 15 is 0 Å². The van der Waals surface area contributed by atoms with Gasteiger partial charge in [-0.3, -0.25) is 4.79 Å². The number of pyridine rings is 1. The van der Waals surface area contributed by atoms with Gasteiger partial charge >= 0.3 is 14.1 Å². The fraction of sp³-hybridized carbons (Fsp3) is 0.500. The second-order valence-corrected chi connectivity index (χ2v) is 4.54. The van der Waals surface area contributed by atoms with Crippen molar-refractivity contribution >= 4 is 14.1 Å². The Bertz CT molecular complexity index is 459. The highest BCUT2D eigenvalue weighted by Crippen LogP contribution is 2.19. The minimum Gasteiger partial charge on any atom is -0.424 e. The molecule has 7 heteroatoms. The molecule has 88 valence electrons. The smallest absolute Gasteiger partial charge is 0.398 e. The van der Waals surface area contributed by atoms with Crippen molar-refractivity contribution < 1.29 is 9.31 Å². The van der Waals surface area contributed by atoms with E-state index in [1.54, 1.807) is 6.07 Å². The van der Waals surface area contributed by atoms with E-state index in [1.165, 1.54) is 0 Å². The lowest BCUT2D eigenvalue weighted by molar-refractivity contribution is 0.476. The molecule has 3 rings (SSSR count). The van der Waals surface area contributed by atoms with Crippen LogP contribution in [0.15, 0.2) is 23.3 Å². The molecule has 0 amide bonds. The number of hydrogen-bond donors (Lipinski definition) is 0. The van der Waals surface area contributed by atoms with Crippen molar-refractivity contribution in [3.8, 4) is 0 Å². The molecule has 2 aliphatic rings. The van der Waals surface area contributed by atoms with E-state index in [9.17, 15) is 4.79 Å². The van der Waals surface area contributed by atoms with Crippen LogP contribution in [0.1, 0.15) is 5.56 Å². The van der Waals surface area contributed by atoms with Crippen LogP contribution in [0.4, 0.5) is 0 Å². The highest BCUT2D eigenvalue weighted by Gasteiger charge is 2.48. The van der Waals surface area contributed by atoms with Gasteiger partial charge in [-0.2, -0.15) is 0 Å². The summed E-state index contributed by atoms with van der Waals surface area (Å²) in [5.41, 5.74) is 0.874. The first-order valence-corrected chi connectivity index (χ1v) is 5.90. The van der Waals surface area contributed by atoms with Crippen molar-refractivity contribution in [3.63, 3.8) is 0 Å². The van der Waals surface area contributed by atoms with E-state index in [-0.39, 0.29) is 19.5 Å². The van der Waals surface area contributed by atoms with Gasteiger partial charge in [0, 0.05) is 30.6 Å². The van der Waals surface area contributed by atoms with Gasteiger partial charge in [-0.25, -0.2) is 0 Å². The quantitative estimate of drug-likeness (QED) is 0.510. The van der Waals surface area contributed by atoms with E-state index in [1.807, 2.05) is 23.9 Å². The first-order chi connectivity index (χ1) is 8.24. The molecule has 3 heterocycles. The summed E-state index contributed by atoms with van der Waals surface area (Å²) in [6.45, 7) is 5.19. The van der Waals surface area contributed by atoms with Gasteiger partial charge in [0.25, 0.3) is 0 Å². The Labute approximate surface area is 101 Å². The number of hydrogen-bond acceptors (Lipinski definition) is 4. The maximum Gasteiger partial charge on any atom is 0.398 e. The average Bonchev–Trinajstić information content (AvgIpc) is 3.14. The van der Waals surface area contributed by atoms with Gasteiger partial charge in [0.2, 0.25) is 0 Å². The van der Waals surface area contributed by atoms with Crippen LogP contribution >= 0.6 is 0 Å². The minimum atomic E-state index is 0.0918. The summed E-state index contributed by atoms with van der Waals surface area (Å²) in [6, 6.07) is 1.61. The highest BCUT2D eigenvalue weighted by atomic mass is 16.5. The monoisotopic (exact) mass is 232 g/mol. The van der Waals surface area contributed by atoms with Crippen molar-refractivity contribution in [1.82, 2.24) is 9.29 Å². The van der Waals surface area contributed by atoms with Gasteiger partial charge in [0.1, 0.15) is 0 Å². The third-order valence-corrected chi connectivity index (χ3v) is 3.15. The topological polar surface area (TPSA) is 50.3 Å². The van der Waals surface area contributed by atoms with Crippen LogP contribution in [0, 0.1) is 6.92 Å². The van der Waals surface area contributed by atoms with Crippen LogP contribution < -0.4 is 5.43 Å². The lowest BCUT2D eigenvalue weighted by Gasteiger charge is -2.16. The zero-order valence-electron chi connectivity index (χ0n) is 9.83. The number of aromatic nitrogens is 1. The summed E-state index contributed by atoms with van der Waals surface area (Å²) >= 11 is 0. The fourth-order valence-corrected chi connectivity index (χ4v) is 1.96. The van der Waals surface area contributed by atoms with Gasteiger partial charge in [0.15, 0.2) is 5.43 Å². The molecule has 0 spiro atoms. The molecule has 2 saturated heterocycles. The molecule has 0 aromatic carbocycles. The Balaban J connectivity index is 1.62. The van der Waals surface area contributed by atoms with Gasteiger partial charge in [-0.05, 0) is 13.5 Å². The van der Waals surface area contributed by atoms with Crippen LogP contribution in [0.25, 0.3) is 0 Å². The van der Waals surface area contributed by atoms with Crippen LogP contribution in [-0.2, 0) is 15.9 Å². The van der Waals surface area contributed by atoms with Crippen LogP contribution in [0.5, 0.6) is 0 Å². The molecule has 2 aliphatic heterocycles. The maximum absolute atomic E-state index is 11.3. The molecule has 0 N–H and O–H groups in total. The standard InChI is InChI=1S/C10H14B2N2O3/c1-9-6-13(3-2-10(9)15)4-5-14(11-7-16-11)12-8-17-12/h2-3,6H,4-5,7-8H2,1H3. The Kier molecular flexibility index (Phi) is 2.82. The molecule has 0 aliphatic carbocycles. The van der Waals surface area contributed by atoms with Crippen molar-refractivity contribution in [2.24, 2.45) is 0 Å². The Morgan fingerprint density at radius 3 is 2.59 bits per heavy atom. The normalized spacial score (nSPS) is 17.8. The molecule has 1 aromatic rings. The van der Waals surface area contributed by atoms with Gasteiger partial charge in [-0.15, -0.1) is 0 Å². The second-order valence-electron chi connectivity index (χ2n) is 4.54. The largest absolute Gasteiger partial charge is 0.424 e. The first-order valence-electron chi connectivity index (χ1n) is 5.90. The summed E-state index contributed by atoms with van der Waals surface area (Å²) in [5, 5.41) is 0. The maximum atomic E-state index is 11.3. The lowest BCUT2D eigenvalue weighted by Crippen LogP contribution is -2.39. The van der Waals surface area contributed by atoms with Crippen LogP contribution in [-0.4, -0.2) is 42.9 Å². The molecular formula is C10H14B2N2O3. The van der Waals surface area contributed by atoms with Crippen molar-refractivity contribution in [2.45, 2.75) is 13.5 Å². The minimum absolute atomic E-state index is 0.0918. The Morgan fingerprint density at radius 1 is 1.41 bits per heavy atom. The van der Waals surface area contributed by atoms with E-state index in [0.29, 0.717) is 0 Å². The summed E-state index contributed by atoms with van der Waals surface area (Å²) in [5.74, 6) is 0. The van der Waals surface area contributed by atoms with Gasteiger partial charge < -0.3 is 18.6 Å². The summed E-state index contributed by atoms with van der Waals surface area (Å²) < 4.78 is 14.8. The summed E-state index contributed by atoms with van der Waals surface area (Å²) in [4.78, 5) is 11.3. The fourth-order valence-electron chi connectivity index (χ4n) is 1.96. The molecule has 0 saturated carbocycles. The molecule has 17 heavy (non-hydrogen) atoms. The lowest BCUT2D eigenvalue weighted by atomic mass is 9.77. The second kappa shape index (κ2) is 4.33. The molecule has 0 radical (unpaired) electrons. The molecular weight excluding hydrogens is 218 g/mol. The zero-order valence-corrected chi connectivity index (χ0v) is 9.83. The molecule has 2 fully saturated rings. The molecule has 1 aromatic heterocycles.